The molecule has 0 N–H and O–H groups in total. The molecule has 2 rings (SSSR count). The molecule has 0 amide bonds. The molecular weight excluding hydrogens is 312 g/mol. The van der Waals surface area contributed by atoms with Crippen molar-refractivity contribution in [1.29, 1.82) is 0 Å². The molecule has 0 atom stereocenters. The number of fused-ring (bicyclic) bond motifs is 1. The summed E-state index contributed by atoms with van der Waals surface area (Å²) in [5, 5.41) is 1.47. The van der Waals surface area contributed by atoms with Gasteiger partial charge in [0.25, 0.3) is 0 Å². The lowest BCUT2D eigenvalue weighted by Gasteiger charge is -2.08. The highest BCUT2D eigenvalue weighted by atomic mass is 35.5. The number of hydrogen-bond acceptors (Lipinski definition) is 3. The summed E-state index contributed by atoms with van der Waals surface area (Å²) in [5.41, 5.74) is -0.403. The molecular formula is C19H23ClO3. The van der Waals surface area contributed by atoms with Gasteiger partial charge in [-0.3, -0.25) is 0 Å². The van der Waals surface area contributed by atoms with E-state index in [9.17, 15) is 4.79 Å². The van der Waals surface area contributed by atoms with Gasteiger partial charge in [-0.05, 0) is 23.9 Å². The van der Waals surface area contributed by atoms with Gasteiger partial charge in [0.15, 0.2) is 0 Å². The van der Waals surface area contributed by atoms with Gasteiger partial charge in [0.2, 0.25) is 0 Å². The molecule has 0 radical (unpaired) electrons. The molecule has 0 saturated heterocycles. The largest absolute Gasteiger partial charge is 0.488 e. The average Bonchev–Trinajstić information content (AvgIpc) is 2.54. The van der Waals surface area contributed by atoms with Gasteiger partial charge in [-0.2, -0.15) is 0 Å². The lowest BCUT2D eigenvalue weighted by atomic mass is 10.1. The Morgan fingerprint density at radius 2 is 2.04 bits per heavy atom. The van der Waals surface area contributed by atoms with Crippen LogP contribution < -0.4 is 10.4 Å². The molecule has 1 aromatic heterocycles. The van der Waals surface area contributed by atoms with Gasteiger partial charge in [0, 0.05) is 6.42 Å². The normalized spacial score (nSPS) is 10.9. The van der Waals surface area contributed by atoms with Crippen LogP contribution in [0.15, 0.2) is 40.1 Å². The predicted molar refractivity (Wildman–Crippen MR) is 95.6 cm³/mol. The van der Waals surface area contributed by atoms with Crippen molar-refractivity contribution in [3.8, 4) is 5.75 Å². The first-order chi connectivity index (χ1) is 11.2. The maximum atomic E-state index is 12.3. The molecule has 0 saturated carbocycles. The van der Waals surface area contributed by atoms with Crippen LogP contribution in [0.2, 0.25) is 5.02 Å². The van der Waals surface area contributed by atoms with Crippen LogP contribution in [0.3, 0.4) is 0 Å². The van der Waals surface area contributed by atoms with Gasteiger partial charge in [-0.25, -0.2) is 4.79 Å². The zero-order valence-corrected chi connectivity index (χ0v) is 14.3. The molecule has 0 fully saturated rings. The highest BCUT2D eigenvalue weighted by Crippen LogP contribution is 2.31. The minimum Gasteiger partial charge on any atom is -0.488 e. The van der Waals surface area contributed by atoms with E-state index in [1.54, 1.807) is 12.1 Å². The first-order valence-electron chi connectivity index (χ1n) is 8.16. The van der Waals surface area contributed by atoms with Crippen LogP contribution in [0.4, 0.5) is 0 Å². The van der Waals surface area contributed by atoms with E-state index < -0.39 is 5.63 Å². The molecule has 0 aliphatic carbocycles. The van der Waals surface area contributed by atoms with E-state index in [1.807, 2.05) is 12.1 Å². The number of halogens is 1. The smallest absolute Gasteiger partial charge is 0.345 e. The summed E-state index contributed by atoms with van der Waals surface area (Å²) >= 11 is 6.28. The SMILES string of the molecule is C=CCOc1ccc2cc(CCCCCCC)oc(=O)c2c1Cl. The number of ether oxygens (including phenoxy) is 1. The Labute approximate surface area is 141 Å². The summed E-state index contributed by atoms with van der Waals surface area (Å²) < 4.78 is 10.9. The number of unbranched alkanes of at least 4 members (excludes halogenated alkanes) is 4. The maximum Gasteiger partial charge on any atom is 0.345 e. The predicted octanol–water partition coefficient (Wildman–Crippen LogP) is 5.52. The average molecular weight is 335 g/mol. The van der Waals surface area contributed by atoms with Crippen molar-refractivity contribution in [2.75, 3.05) is 6.61 Å². The van der Waals surface area contributed by atoms with Crippen LogP contribution in [-0.2, 0) is 6.42 Å². The standard InChI is InChI=1S/C19H23ClO3/c1-3-5-6-7-8-9-15-13-14-10-11-16(22-12-4-2)18(20)17(14)19(21)23-15/h4,10-11,13H,2-3,5-9,12H2,1H3. The maximum absolute atomic E-state index is 12.3. The minimum atomic E-state index is -0.403. The second-order valence-electron chi connectivity index (χ2n) is 5.61. The second-order valence-corrected chi connectivity index (χ2v) is 5.98. The molecule has 0 bridgehead atoms. The zero-order chi connectivity index (χ0) is 16.7. The van der Waals surface area contributed by atoms with Crippen molar-refractivity contribution in [1.82, 2.24) is 0 Å². The van der Waals surface area contributed by atoms with Gasteiger partial charge in [0.1, 0.15) is 18.1 Å². The number of hydrogen-bond donors (Lipinski definition) is 0. The highest BCUT2D eigenvalue weighted by Gasteiger charge is 2.12. The number of rotatable bonds is 9. The first kappa shape index (κ1) is 17.6. The van der Waals surface area contributed by atoms with Crippen molar-refractivity contribution < 1.29 is 9.15 Å². The van der Waals surface area contributed by atoms with Crippen LogP contribution in [0.1, 0.15) is 44.8 Å². The third kappa shape index (κ3) is 4.61. The Hall–Kier alpha value is -1.74. The summed E-state index contributed by atoms with van der Waals surface area (Å²) in [6.07, 6.45) is 8.30. The molecule has 0 unspecified atom stereocenters. The fourth-order valence-corrected chi connectivity index (χ4v) is 2.86. The summed E-state index contributed by atoms with van der Waals surface area (Å²) in [6, 6.07) is 5.52. The molecule has 124 valence electrons. The number of aryl methyl sites for hydroxylation is 1. The van der Waals surface area contributed by atoms with Crippen molar-refractivity contribution in [3.05, 3.63) is 52.1 Å². The molecule has 2 aromatic rings. The summed E-state index contributed by atoms with van der Waals surface area (Å²) in [5.74, 6) is 1.19. The quantitative estimate of drug-likeness (QED) is 0.447. The summed E-state index contributed by atoms with van der Waals surface area (Å²) in [6.45, 7) is 6.13. The van der Waals surface area contributed by atoms with E-state index in [1.165, 1.54) is 19.3 Å². The Bertz CT molecular complexity index is 718. The van der Waals surface area contributed by atoms with Gasteiger partial charge in [0.05, 0.1) is 10.4 Å². The third-order valence-electron chi connectivity index (χ3n) is 3.77. The molecule has 0 aliphatic rings. The molecule has 4 heteroatoms. The minimum absolute atomic E-state index is 0.299. The molecule has 0 spiro atoms. The lowest BCUT2D eigenvalue weighted by molar-refractivity contribution is 0.363. The van der Waals surface area contributed by atoms with Crippen LogP contribution in [-0.4, -0.2) is 6.61 Å². The van der Waals surface area contributed by atoms with Crippen LogP contribution >= 0.6 is 11.6 Å². The molecule has 0 aliphatic heterocycles. The summed E-state index contributed by atoms with van der Waals surface area (Å²) in [4.78, 5) is 12.3. The van der Waals surface area contributed by atoms with E-state index in [0.717, 1.165) is 30.4 Å². The topological polar surface area (TPSA) is 39.4 Å². The van der Waals surface area contributed by atoms with Gasteiger partial charge < -0.3 is 9.15 Å². The Morgan fingerprint density at radius 1 is 1.26 bits per heavy atom. The lowest BCUT2D eigenvalue weighted by Crippen LogP contribution is -2.04. The van der Waals surface area contributed by atoms with E-state index in [0.29, 0.717) is 22.8 Å². The van der Waals surface area contributed by atoms with E-state index in [2.05, 4.69) is 13.5 Å². The van der Waals surface area contributed by atoms with Crippen LogP contribution in [0.25, 0.3) is 10.8 Å². The number of benzene rings is 1. The first-order valence-corrected chi connectivity index (χ1v) is 8.54. The van der Waals surface area contributed by atoms with E-state index in [4.69, 9.17) is 20.8 Å². The van der Waals surface area contributed by atoms with Crippen molar-refractivity contribution in [2.24, 2.45) is 0 Å². The van der Waals surface area contributed by atoms with Crippen LogP contribution in [0.5, 0.6) is 5.75 Å². The van der Waals surface area contributed by atoms with E-state index >= 15 is 0 Å². The molecule has 3 nitrogen and oxygen atoms in total. The Kier molecular flexibility index (Phi) is 6.72. The van der Waals surface area contributed by atoms with Crippen molar-refractivity contribution in [3.63, 3.8) is 0 Å². The third-order valence-corrected chi connectivity index (χ3v) is 4.14. The zero-order valence-electron chi connectivity index (χ0n) is 13.6. The molecule has 1 heterocycles. The monoisotopic (exact) mass is 334 g/mol. The van der Waals surface area contributed by atoms with Crippen LogP contribution in [0, 0.1) is 0 Å². The summed E-state index contributed by atoms with van der Waals surface area (Å²) in [7, 11) is 0. The van der Waals surface area contributed by atoms with Gasteiger partial charge >= 0.3 is 5.63 Å². The highest BCUT2D eigenvalue weighted by molar-refractivity contribution is 6.36. The fourth-order valence-electron chi connectivity index (χ4n) is 2.56. The van der Waals surface area contributed by atoms with Gasteiger partial charge in [-0.15, -0.1) is 0 Å². The Balaban J connectivity index is 2.18. The van der Waals surface area contributed by atoms with Crippen molar-refractivity contribution in [2.45, 2.75) is 45.4 Å². The second kappa shape index (κ2) is 8.78. The Morgan fingerprint density at radius 3 is 2.78 bits per heavy atom. The molecule has 1 aromatic carbocycles. The van der Waals surface area contributed by atoms with Gasteiger partial charge in [-0.1, -0.05) is 62.9 Å². The van der Waals surface area contributed by atoms with Crippen molar-refractivity contribution >= 4 is 22.4 Å². The molecule has 23 heavy (non-hydrogen) atoms. The van der Waals surface area contributed by atoms with E-state index in [-0.39, 0.29) is 0 Å². The fraction of sp³-hybridized carbons (Fsp3) is 0.421.